The summed E-state index contributed by atoms with van der Waals surface area (Å²) >= 11 is 0. The second-order valence-corrected chi connectivity index (χ2v) is 7.48. The minimum Gasteiger partial charge on any atom is -0.493 e. The third-order valence-corrected chi connectivity index (χ3v) is 5.63. The van der Waals surface area contributed by atoms with E-state index in [1.807, 2.05) is 42.3 Å². The van der Waals surface area contributed by atoms with E-state index >= 15 is 0 Å². The number of hydrogen-bond donors (Lipinski definition) is 0. The van der Waals surface area contributed by atoms with Crippen LogP contribution in [0.15, 0.2) is 30.5 Å². The average molecular weight is 394 g/mol. The van der Waals surface area contributed by atoms with Gasteiger partial charge in [0.15, 0.2) is 5.82 Å². The van der Waals surface area contributed by atoms with Crippen molar-refractivity contribution >= 4 is 11.8 Å². The lowest BCUT2D eigenvalue weighted by Gasteiger charge is -2.29. The van der Waals surface area contributed by atoms with Gasteiger partial charge in [0.2, 0.25) is 5.91 Å². The summed E-state index contributed by atoms with van der Waals surface area (Å²) in [6.45, 7) is 5.92. The number of nitrogens with zero attached hydrogens (tertiary/aromatic N) is 4. The van der Waals surface area contributed by atoms with E-state index in [0.29, 0.717) is 43.4 Å². The van der Waals surface area contributed by atoms with Gasteiger partial charge in [0, 0.05) is 44.7 Å². The average Bonchev–Trinajstić information content (AvgIpc) is 3.23. The number of para-hydroxylation sites is 1. The Hall–Kier alpha value is -2.96. The van der Waals surface area contributed by atoms with E-state index < -0.39 is 0 Å². The van der Waals surface area contributed by atoms with Gasteiger partial charge in [0.1, 0.15) is 5.75 Å². The Labute approximate surface area is 170 Å². The molecule has 1 fully saturated rings. The van der Waals surface area contributed by atoms with Gasteiger partial charge in [-0.05, 0) is 31.9 Å². The zero-order valence-electron chi connectivity index (χ0n) is 16.9. The van der Waals surface area contributed by atoms with Crippen LogP contribution in [-0.4, -0.2) is 51.3 Å². The summed E-state index contributed by atoms with van der Waals surface area (Å²) in [5, 5.41) is 0. The molecule has 152 valence electrons. The van der Waals surface area contributed by atoms with Crippen LogP contribution in [-0.2, 0) is 17.8 Å². The van der Waals surface area contributed by atoms with Crippen LogP contribution >= 0.6 is 0 Å². The molecule has 4 rings (SSSR count). The second kappa shape index (κ2) is 8.19. The number of carbonyl (C=O) groups excluding carboxylic acids is 2. The summed E-state index contributed by atoms with van der Waals surface area (Å²) in [5.41, 5.74) is 2.56. The Kier molecular flexibility index (Phi) is 5.47. The van der Waals surface area contributed by atoms with Gasteiger partial charge in [0.25, 0.3) is 5.91 Å². The van der Waals surface area contributed by atoms with Crippen molar-refractivity contribution in [3.8, 4) is 5.75 Å². The summed E-state index contributed by atoms with van der Waals surface area (Å²) in [7, 11) is 0. The van der Waals surface area contributed by atoms with Crippen LogP contribution in [0.1, 0.15) is 60.2 Å². The lowest BCUT2D eigenvalue weighted by atomic mass is 10.1. The summed E-state index contributed by atoms with van der Waals surface area (Å²) in [6.07, 6.45) is 4.31. The molecule has 0 radical (unpaired) electrons. The highest BCUT2D eigenvalue weighted by atomic mass is 16.5. The number of carbonyl (C=O) groups is 2. The van der Waals surface area contributed by atoms with Crippen LogP contribution in [0.5, 0.6) is 5.75 Å². The van der Waals surface area contributed by atoms with Crippen molar-refractivity contribution in [2.24, 2.45) is 0 Å². The first-order valence-electron chi connectivity index (χ1n) is 10.2. The van der Waals surface area contributed by atoms with E-state index in [4.69, 9.17) is 9.72 Å². The quantitative estimate of drug-likeness (QED) is 0.797. The summed E-state index contributed by atoms with van der Waals surface area (Å²) < 4.78 is 5.65. The van der Waals surface area contributed by atoms with E-state index in [1.54, 1.807) is 11.8 Å². The standard InChI is InChI=1S/C22H26N4O3/c1-3-29-20-9-5-4-7-17(20)22(28)26-11-6-8-19(26)21-23-13-16-14-25(15(2)27)12-10-18(16)24-21/h4-5,7,9,13,19H,3,6,8,10-12,14H2,1-2H3. The lowest BCUT2D eigenvalue weighted by molar-refractivity contribution is -0.129. The lowest BCUT2D eigenvalue weighted by Crippen LogP contribution is -2.36. The first-order valence-corrected chi connectivity index (χ1v) is 10.2. The fourth-order valence-electron chi connectivity index (χ4n) is 4.12. The predicted molar refractivity (Wildman–Crippen MR) is 107 cm³/mol. The number of likely N-dealkylation sites (tertiary alicyclic amines) is 1. The van der Waals surface area contributed by atoms with Crippen molar-refractivity contribution in [2.45, 2.75) is 45.7 Å². The molecule has 1 atom stereocenters. The van der Waals surface area contributed by atoms with Crippen LogP contribution in [0, 0.1) is 0 Å². The van der Waals surface area contributed by atoms with Crippen LogP contribution < -0.4 is 4.74 Å². The molecule has 1 unspecified atom stereocenters. The molecule has 0 N–H and O–H groups in total. The molecule has 2 aromatic rings. The number of benzene rings is 1. The van der Waals surface area contributed by atoms with E-state index in [1.165, 1.54) is 0 Å². The third kappa shape index (κ3) is 3.81. The molecule has 2 aliphatic heterocycles. The molecule has 1 aromatic heterocycles. The van der Waals surface area contributed by atoms with Gasteiger partial charge in [0.05, 0.1) is 23.9 Å². The van der Waals surface area contributed by atoms with Crippen LogP contribution in [0.4, 0.5) is 0 Å². The number of rotatable bonds is 4. The van der Waals surface area contributed by atoms with Crippen molar-refractivity contribution in [1.82, 2.24) is 19.8 Å². The highest BCUT2D eigenvalue weighted by molar-refractivity contribution is 5.97. The van der Waals surface area contributed by atoms with Gasteiger partial charge >= 0.3 is 0 Å². The first-order chi connectivity index (χ1) is 14.1. The number of hydrogen-bond acceptors (Lipinski definition) is 5. The van der Waals surface area contributed by atoms with Crippen LogP contribution in [0.3, 0.4) is 0 Å². The number of fused-ring (bicyclic) bond motifs is 1. The van der Waals surface area contributed by atoms with Crippen LogP contribution in [0.25, 0.3) is 0 Å². The van der Waals surface area contributed by atoms with Crippen molar-refractivity contribution in [3.05, 3.63) is 53.1 Å². The van der Waals surface area contributed by atoms with Gasteiger partial charge < -0.3 is 14.5 Å². The molecule has 1 aromatic carbocycles. The highest BCUT2D eigenvalue weighted by Crippen LogP contribution is 2.33. The Bertz CT molecular complexity index is 930. The molecule has 0 spiro atoms. The Morgan fingerprint density at radius 3 is 2.86 bits per heavy atom. The Balaban J connectivity index is 1.58. The minimum absolute atomic E-state index is 0.0411. The summed E-state index contributed by atoms with van der Waals surface area (Å²) in [4.78, 5) is 38.0. The van der Waals surface area contributed by atoms with E-state index in [0.717, 1.165) is 30.5 Å². The highest BCUT2D eigenvalue weighted by Gasteiger charge is 2.34. The number of amides is 2. The van der Waals surface area contributed by atoms with Gasteiger partial charge in [-0.15, -0.1) is 0 Å². The maximum Gasteiger partial charge on any atom is 0.258 e. The molecule has 1 saturated heterocycles. The van der Waals surface area contributed by atoms with Crippen molar-refractivity contribution < 1.29 is 14.3 Å². The molecule has 2 amide bonds. The smallest absolute Gasteiger partial charge is 0.258 e. The second-order valence-electron chi connectivity index (χ2n) is 7.48. The monoisotopic (exact) mass is 394 g/mol. The zero-order chi connectivity index (χ0) is 20.4. The fourth-order valence-corrected chi connectivity index (χ4v) is 4.12. The molecule has 0 bridgehead atoms. The summed E-state index contributed by atoms with van der Waals surface area (Å²) in [6, 6.07) is 7.25. The van der Waals surface area contributed by atoms with E-state index in [-0.39, 0.29) is 17.9 Å². The van der Waals surface area contributed by atoms with E-state index in [2.05, 4.69) is 4.98 Å². The first kappa shape index (κ1) is 19.4. The van der Waals surface area contributed by atoms with Gasteiger partial charge in [-0.3, -0.25) is 9.59 Å². The van der Waals surface area contributed by atoms with Gasteiger partial charge in [-0.25, -0.2) is 9.97 Å². The fraction of sp³-hybridized carbons (Fsp3) is 0.455. The SMILES string of the molecule is CCOc1ccccc1C(=O)N1CCCC1c1ncc2c(n1)CCN(C(C)=O)C2. The normalized spacial score (nSPS) is 18.5. The zero-order valence-corrected chi connectivity index (χ0v) is 16.9. The summed E-state index contributed by atoms with van der Waals surface area (Å²) in [5.74, 6) is 1.34. The van der Waals surface area contributed by atoms with Crippen LogP contribution in [0.2, 0.25) is 0 Å². The number of aromatic nitrogens is 2. The molecule has 0 saturated carbocycles. The number of ether oxygens (including phenoxy) is 1. The topological polar surface area (TPSA) is 75.6 Å². The predicted octanol–water partition coefficient (Wildman–Crippen LogP) is 2.76. The maximum atomic E-state index is 13.3. The molecule has 3 heterocycles. The van der Waals surface area contributed by atoms with Gasteiger partial charge in [-0.1, -0.05) is 12.1 Å². The molecule has 7 heteroatoms. The molecular weight excluding hydrogens is 368 g/mol. The maximum absolute atomic E-state index is 13.3. The molecule has 2 aliphatic rings. The molecular formula is C22H26N4O3. The largest absolute Gasteiger partial charge is 0.493 e. The molecule has 0 aliphatic carbocycles. The van der Waals surface area contributed by atoms with Crippen molar-refractivity contribution in [1.29, 1.82) is 0 Å². The van der Waals surface area contributed by atoms with E-state index in [9.17, 15) is 9.59 Å². The molecule has 29 heavy (non-hydrogen) atoms. The van der Waals surface area contributed by atoms with Crippen molar-refractivity contribution in [2.75, 3.05) is 19.7 Å². The van der Waals surface area contributed by atoms with Gasteiger partial charge in [-0.2, -0.15) is 0 Å². The minimum atomic E-state index is -0.131. The van der Waals surface area contributed by atoms with Crippen molar-refractivity contribution in [3.63, 3.8) is 0 Å². The Morgan fingerprint density at radius 2 is 2.07 bits per heavy atom. The Morgan fingerprint density at radius 1 is 1.24 bits per heavy atom. The molecule has 7 nitrogen and oxygen atoms in total. The third-order valence-electron chi connectivity index (χ3n) is 5.63.